The summed E-state index contributed by atoms with van der Waals surface area (Å²) in [7, 11) is -4.17. The molecule has 0 heterocycles. The molecular weight excluding hydrogens is 593 g/mol. The molecule has 214 valence electrons. The average Bonchev–Trinajstić information content (AvgIpc) is 2.91. The number of amides is 2. The van der Waals surface area contributed by atoms with E-state index in [-0.39, 0.29) is 17.3 Å². The second kappa shape index (κ2) is 14.2. The highest BCUT2D eigenvalue weighted by Crippen LogP contribution is 2.30. The number of rotatable bonds is 12. The maximum atomic E-state index is 14.0. The highest BCUT2D eigenvalue weighted by atomic mass is 35.5. The summed E-state index contributed by atoms with van der Waals surface area (Å²) in [4.78, 5) is 28.4. The van der Waals surface area contributed by atoms with Crippen LogP contribution in [0.15, 0.2) is 71.6 Å². The van der Waals surface area contributed by atoms with Crippen LogP contribution in [-0.2, 0) is 26.2 Å². The van der Waals surface area contributed by atoms with Gasteiger partial charge in [-0.25, -0.2) is 8.42 Å². The van der Waals surface area contributed by atoms with Crippen molar-refractivity contribution in [3.8, 4) is 0 Å². The number of hydrogen-bond acceptors (Lipinski definition) is 4. The van der Waals surface area contributed by atoms with Gasteiger partial charge in [-0.1, -0.05) is 72.4 Å². The normalized spacial score (nSPS) is 12.1. The first-order valence-electron chi connectivity index (χ1n) is 12.8. The molecule has 0 fully saturated rings. The molecule has 0 spiro atoms. The molecule has 7 nitrogen and oxygen atoms in total. The molecule has 0 aliphatic heterocycles. The van der Waals surface area contributed by atoms with Gasteiger partial charge in [0.05, 0.1) is 10.6 Å². The lowest BCUT2D eigenvalue weighted by atomic mass is 10.1. The topological polar surface area (TPSA) is 86.8 Å². The molecule has 2 amide bonds. The Balaban J connectivity index is 2.04. The van der Waals surface area contributed by atoms with Gasteiger partial charge >= 0.3 is 0 Å². The summed E-state index contributed by atoms with van der Waals surface area (Å²) in [6, 6.07) is 16.6. The van der Waals surface area contributed by atoms with E-state index in [0.717, 1.165) is 17.1 Å². The Kier molecular flexibility index (Phi) is 11.3. The van der Waals surface area contributed by atoms with Gasteiger partial charge in [-0.15, -0.1) is 0 Å². The second-order valence-electron chi connectivity index (χ2n) is 9.33. The monoisotopic (exact) mass is 623 g/mol. The fourth-order valence-electron chi connectivity index (χ4n) is 4.08. The maximum absolute atomic E-state index is 14.0. The quantitative estimate of drug-likeness (QED) is 0.234. The van der Waals surface area contributed by atoms with Gasteiger partial charge < -0.3 is 10.2 Å². The van der Waals surface area contributed by atoms with Crippen LogP contribution in [0, 0.1) is 6.92 Å². The van der Waals surface area contributed by atoms with Gasteiger partial charge in [-0.3, -0.25) is 13.9 Å². The highest BCUT2D eigenvalue weighted by molar-refractivity contribution is 7.92. The van der Waals surface area contributed by atoms with Crippen LogP contribution in [0.3, 0.4) is 0 Å². The predicted molar refractivity (Wildman–Crippen MR) is 162 cm³/mol. The Morgan fingerprint density at radius 1 is 0.950 bits per heavy atom. The van der Waals surface area contributed by atoms with Crippen LogP contribution in [0.2, 0.25) is 15.1 Å². The number of unbranched alkanes of at least 4 members (excludes halogenated alkanes) is 1. The summed E-state index contributed by atoms with van der Waals surface area (Å²) < 4.78 is 28.8. The fourth-order valence-corrected chi connectivity index (χ4v) is 6.28. The summed E-state index contributed by atoms with van der Waals surface area (Å²) in [5.74, 6) is -0.940. The fraction of sp³-hybridized carbons (Fsp3) is 0.310. The number of sulfonamides is 1. The van der Waals surface area contributed by atoms with E-state index in [4.69, 9.17) is 34.8 Å². The summed E-state index contributed by atoms with van der Waals surface area (Å²) in [6.45, 7) is 5.20. The summed E-state index contributed by atoms with van der Waals surface area (Å²) in [5, 5.41) is 4.03. The lowest BCUT2D eigenvalue weighted by Crippen LogP contribution is -2.51. The van der Waals surface area contributed by atoms with Crippen LogP contribution in [-0.4, -0.2) is 44.3 Å². The number of nitrogens with zero attached hydrogens (tertiary/aromatic N) is 2. The van der Waals surface area contributed by atoms with E-state index < -0.39 is 28.5 Å². The molecule has 0 bridgehead atoms. The Hall–Kier alpha value is -2.78. The molecule has 1 N–H and O–H groups in total. The lowest BCUT2D eigenvalue weighted by Gasteiger charge is -2.32. The van der Waals surface area contributed by atoms with Crippen molar-refractivity contribution in [1.82, 2.24) is 10.2 Å². The van der Waals surface area contributed by atoms with Crippen molar-refractivity contribution in [2.45, 2.75) is 51.1 Å². The van der Waals surface area contributed by atoms with Crippen LogP contribution in [0.4, 0.5) is 5.69 Å². The van der Waals surface area contributed by atoms with E-state index in [0.29, 0.717) is 38.4 Å². The zero-order valence-electron chi connectivity index (χ0n) is 22.5. The number of benzene rings is 3. The average molecular weight is 625 g/mol. The first-order chi connectivity index (χ1) is 18.9. The number of carbonyl (C=O) groups is 2. The molecule has 11 heteroatoms. The van der Waals surface area contributed by atoms with Gasteiger partial charge in [0.2, 0.25) is 11.8 Å². The van der Waals surface area contributed by atoms with Gasteiger partial charge in [0.15, 0.2) is 0 Å². The number of anilines is 1. The summed E-state index contributed by atoms with van der Waals surface area (Å²) >= 11 is 18.6. The van der Waals surface area contributed by atoms with Gasteiger partial charge in [0.1, 0.15) is 12.6 Å². The number of carbonyl (C=O) groups excluding carboxylic acids is 2. The summed E-state index contributed by atoms with van der Waals surface area (Å²) in [5.41, 5.74) is 1.43. The molecule has 0 saturated heterocycles. The van der Waals surface area contributed by atoms with Crippen molar-refractivity contribution < 1.29 is 18.0 Å². The number of aryl methyl sites for hydroxylation is 1. The molecule has 0 unspecified atom stereocenters. The van der Waals surface area contributed by atoms with Crippen molar-refractivity contribution in [2.75, 3.05) is 17.4 Å². The second-order valence-corrected chi connectivity index (χ2v) is 12.5. The maximum Gasteiger partial charge on any atom is 0.264 e. The number of nitrogens with one attached hydrogen (secondary N) is 1. The predicted octanol–water partition coefficient (Wildman–Crippen LogP) is 6.48. The lowest BCUT2D eigenvalue weighted by molar-refractivity contribution is -0.139. The largest absolute Gasteiger partial charge is 0.354 e. The van der Waals surface area contributed by atoms with Crippen molar-refractivity contribution in [1.29, 1.82) is 0 Å². The van der Waals surface area contributed by atoms with Gasteiger partial charge in [0, 0.05) is 28.2 Å². The third-order valence-electron chi connectivity index (χ3n) is 6.39. The van der Waals surface area contributed by atoms with E-state index in [2.05, 4.69) is 5.32 Å². The third-order valence-corrected chi connectivity index (χ3v) is 8.99. The molecule has 3 aromatic carbocycles. The molecular formula is C29H32Cl3N3O4S. The molecule has 0 saturated carbocycles. The SMILES string of the molecule is CCCCNC(=O)[C@H](C)N(Cc1ccc(Cl)cc1Cl)C(=O)CN(c1ccc(Cl)cc1C)S(=O)(=O)c1ccccc1. The Morgan fingerprint density at radius 2 is 1.60 bits per heavy atom. The zero-order valence-corrected chi connectivity index (χ0v) is 25.6. The molecule has 0 radical (unpaired) electrons. The van der Waals surface area contributed by atoms with E-state index in [1.807, 2.05) is 6.92 Å². The third kappa shape index (κ3) is 7.91. The van der Waals surface area contributed by atoms with Crippen LogP contribution in [0.1, 0.15) is 37.8 Å². The van der Waals surface area contributed by atoms with Crippen LogP contribution < -0.4 is 9.62 Å². The zero-order chi connectivity index (χ0) is 29.4. The van der Waals surface area contributed by atoms with Crippen molar-refractivity contribution in [2.24, 2.45) is 0 Å². The molecule has 0 aromatic heterocycles. The number of halogens is 3. The Bertz CT molecular complexity index is 1450. The molecule has 3 aromatic rings. The van der Waals surface area contributed by atoms with Gasteiger partial charge in [-0.05, 0) is 73.9 Å². The van der Waals surface area contributed by atoms with E-state index in [1.165, 1.54) is 17.0 Å². The van der Waals surface area contributed by atoms with E-state index in [9.17, 15) is 18.0 Å². The molecule has 1 atom stereocenters. The van der Waals surface area contributed by atoms with Crippen molar-refractivity contribution in [3.05, 3.63) is 92.9 Å². The molecule has 3 rings (SSSR count). The highest BCUT2D eigenvalue weighted by Gasteiger charge is 2.33. The Labute approximate surface area is 251 Å². The van der Waals surface area contributed by atoms with E-state index in [1.54, 1.807) is 68.4 Å². The standard InChI is InChI=1S/C29H32Cl3N3O4S/c1-4-5-15-33-29(37)21(3)34(18-22-11-12-24(31)17-26(22)32)28(36)19-35(27-14-13-23(30)16-20(27)2)40(38,39)25-9-7-6-8-10-25/h6-14,16-17,21H,4-5,15,18-19H2,1-3H3,(H,33,37)/t21-/m0/s1. The first kappa shape index (κ1) is 31.7. The van der Waals surface area contributed by atoms with Gasteiger partial charge in [-0.2, -0.15) is 0 Å². The summed E-state index contributed by atoms with van der Waals surface area (Å²) in [6.07, 6.45) is 1.68. The first-order valence-corrected chi connectivity index (χ1v) is 15.4. The minimum absolute atomic E-state index is 0.0230. The minimum Gasteiger partial charge on any atom is -0.354 e. The van der Waals surface area contributed by atoms with Gasteiger partial charge in [0.25, 0.3) is 10.0 Å². The van der Waals surface area contributed by atoms with Crippen LogP contribution >= 0.6 is 34.8 Å². The van der Waals surface area contributed by atoms with Crippen LogP contribution in [0.5, 0.6) is 0 Å². The Morgan fingerprint density at radius 3 is 2.23 bits per heavy atom. The molecule has 40 heavy (non-hydrogen) atoms. The number of hydrogen-bond donors (Lipinski definition) is 1. The van der Waals surface area contributed by atoms with E-state index >= 15 is 0 Å². The van der Waals surface area contributed by atoms with Crippen LogP contribution in [0.25, 0.3) is 0 Å². The smallest absolute Gasteiger partial charge is 0.264 e. The van der Waals surface area contributed by atoms with Crippen molar-refractivity contribution in [3.63, 3.8) is 0 Å². The minimum atomic E-state index is -4.17. The molecule has 0 aliphatic rings. The molecule has 0 aliphatic carbocycles. The van der Waals surface area contributed by atoms with Crippen molar-refractivity contribution >= 4 is 62.3 Å².